The lowest BCUT2D eigenvalue weighted by molar-refractivity contribution is -0.870. The van der Waals surface area contributed by atoms with Crippen LogP contribution in [-0.4, -0.2) is 166 Å². The fourth-order valence-corrected chi connectivity index (χ4v) is 10.9. The fourth-order valence-electron chi connectivity index (χ4n) is 8.01. The van der Waals surface area contributed by atoms with Crippen molar-refractivity contribution < 1.29 is 45.9 Å². The first-order valence-corrected chi connectivity index (χ1v) is 25.2. The Morgan fingerprint density at radius 3 is 1.55 bits per heavy atom. The maximum Gasteiger partial charge on any atom is 0.320 e. The van der Waals surface area contributed by atoms with Gasteiger partial charge in [0.05, 0.1) is 44.1 Å². The minimum Gasteiger partial charge on any atom is -0.493 e. The van der Waals surface area contributed by atoms with E-state index in [9.17, 15) is 36.6 Å². The van der Waals surface area contributed by atoms with E-state index in [0.29, 0.717) is 98.4 Å². The van der Waals surface area contributed by atoms with Crippen molar-refractivity contribution in [3.63, 3.8) is 0 Å². The number of sulfonamides is 2. The summed E-state index contributed by atoms with van der Waals surface area (Å²) in [6.45, 7) is 2.89. The Kier molecular flexibility index (Phi) is 19.4. The van der Waals surface area contributed by atoms with Crippen LogP contribution in [0.5, 0.6) is 5.75 Å². The topological polar surface area (TPSA) is 238 Å². The van der Waals surface area contributed by atoms with Gasteiger partial charge in [0.25, 0.3) is 0 Å². The van der Waals surface area contributed by atoms with Crippen LogP contribution in [0.25, 0.3) is 32.3 Å². The Morgan fingerprint density at radius 2 is 1.11 bits per heavy atom. The zero-order valence-electron chi connectivity index (χ0n) is 38.9. The van der Waals surface area contributed by atoms with E-state index in [0.717, 1.165) is 40.3 Å². The Bertz CT molecular complexity index is 2300. The number of carboxylic acid groups (broad SMARTS) is 2. The second kappa shape index (κ2) is 23.5. The molecule has 0 bridgehead atoms. The van der Waals surface area contributed by atoms with Gasteiger partial charge < -0.3 is 46.4 Å². The van der Waals surface area contributed by atoms with Crippen molar-refractivity contribution in [2.24, 2.45) is 11.5 Å². The molecule has 2 unspecified atom stereocenters. The van der Waals surface area contributed by atoms with Gasteiger partial charge in [0.15, 0.2) is 0 Å². The minimum absolute atomic E-state index is 0.0296. The third-order valence-electron chi connectivity index (χ3n) is 11.7. The summed E-state index contributed by atoms with van der Waals surface area (Å²) in [7, 11) is 4.43. The molecule has 0 aliphatic rings. The number of hydrogen-bond donors (Lipinski definition) is 6. The van der Waals surface area contributed by atoms with Crippen molar-refractivity contribution in [2.45, 2.75) is 86.1 Å². The van der Waals surface area contributed by atoms with Crippen molar-refractivity contribution in [1.29, 1.82) is 0 Å². The molecule has 0 spiro atoms. The first kappa shape index (κ1) is 52.7. The van der Waals surface area contributed by atoms with Crippen LogP contribution >= 0.6 is 0 Å². The second-order valence-corrected chi connectivity index (χ2v) is 21.9. The van der Waals surface area contributed by atoms with Crippen molar-refractivity contribution in [3.05, 3.63) is 36.4 Å². The summed E-state index contributed by atoms with van der Waals surface area (Å²) in [6.07, 6.45) is 5.82. The van der Waals surface area contributed by atoms with E-state index in [-0.39, 0.29) is 36.0 Å². The molecule has 4 aromatic rings. The number of benzene rings is 4. The molecule has 4 rings (SSSR count). The van der Waals surface area contributed by atoms with Crippen LogP contribution in [-0.2, 0) is 29.6 Å². The summed E-state index contributed by atoms with van der Waals surface area (Å²) in [5.74, 6) is -1.38. The van der Waals surface area contributed by atoms with Crippen molar-refractivity contribution in [1.82, 2.24) is 19.2 Å². The van der Waals surface area contributed by atoms with E-state index in [1.165, 1.54) is 28.8 Å². The van der Waals surface area contributed by atoms with Crippen molar-refractivity contribution >= 4 is 70.0 Å². The lowest BCUT2D eigenvalue weighted by atomic mass is 9.92. The third-order valence-corrected chi connectivity index (χ3v) is 15.5. The number of unbranched alkanes of at least 4 members (excludes halogenated alkanes) is 3. The molecule has 0 heterocycles. The Hall–Kier alpha value is -3.92. The van der Waals surface area contributed by atoms with Gasteiger partial charge in [0.1, 0.15) is 17.8 Å². The minimum atomic E-state index is -4.35. The van der Waals surface area contributed by atoms with Gasteiger partial charge in [-0.1, -0.05) is 31.0 Å². The number of nitrogens with two attached hydrogens (primary N) is 2. The van der Waals surface area contributed by atoms with Crippen LogP contribution in [0.2, 0.25) is 0 Å². The molecule has 0 amide bonds. The normalized spacial score (nSPS) is 13.7. The molecule has 64 heavy (non-hydrogen) atoms. The predicted octanol–water partition coefficient (Wildman–Crippen LogP) is 3.88. The van der Waals surface area contributed by atoms with Crippen molar-refractivity contribution in [3.8, 4) is 5.75 Å². The molecule has 0 aliphatic carbocycles. The Labute approximate surface area is 380 Å². The van der Waals surface area contributed by atoms with E-state index in [4.69, 9.17) is 16.2 Å². The van der Waals surface area contributed by atoms with Crippen molar-refractivity contribution in [2.75, 3.05) is 107 Å². The SMILES string of the molecule is CN(C)c1cc(OCCCC[N+](C)(C)C)c2ccc3c(S(=O)(=O)N(C)CCCNC(CCCCN)C(=O)O)cc(S(=O)(=O)N(C)CCCNC(CCCCN)C(=O)O)c4ccc1c2c34. The molecule has 358 valence electrons. The molecule has 19 heteroatoms. The monoisotopic (exact) mass is 933 g/mol. The average Bonchev–Trinajstić information content (AvgIpc) is 3.23. The molecule has 4 aromatic carbocycles. The van der Waals surface area contributed by atoms with Crippen LogP contribution < -0.4 is 31.7 Å². The summed E-state index contributed by atoms with van der Waals surface area (Å²) >= 11 is 0. The molecule has 0 aromatic heterocycles. The number of ether oxygens (including phenoxy) is 1. The highest BCUT2D eigenvalue weighted by Crippen LogP contribution is 2.46. The second-order valence-electron chi connectivity index (χ2n) is 17.9. The molecule has 17 nitrogen and oxygen atoms in total. The van der Waals surface area contributed by atoms with Gasteiger partial charge in [-0.05, 0) is 89.7 Å². The van der Waals surface area contributed by atoms with Crippen LogP contribution in [0.1, 0.15) is 64.2 Å². The first-order chi connectivity index (χ1) is 30.2. The van der Waals surface area contributed by atoms with Crippen LogP contribution in [0.15, 0.2) is 46.2 Å². The summed E-state index contributed by atoms with van der Waals surface area (Å²) in [5.41, 5.74) is 12.0. The highest BCUT2D eigenvalue weighted by atomic mass is 32.2. The summed E-state index contributed by atoms with van der Waals surface area (Å²) in [4.78, 5) is 25.3. The molecule has 0 saturated heterocycles. The number of nitrogens with one attached hydrogen (secondary N) is 2. The average molecular weight is 934 g/mol. The number of rotatable bonds is 31. The maximum absolute atomic E-state index is 14.8. The van der Waals surface area contributed by atoms with Gasteiger partial charge in [0, 0.05) is 85.4 Å². The lowest BCUT2D eigenvalue weighted by Gasteiger charge is -2.26. The van der Waals surface area contributed by atoms with E-state index in [1.54, 1.807) is 12.1 Å². The number of quaternary nitrogens is 1. The number of carboxylic acids is 2. The molecule has 8 N–H and O–H groups in total. The van der Waals surface area contributed by atoms with Gasteiger partial charge in [0.2, 0.25) is 20.0 Å². The molecule has 2 atom stereocenters. The maximum atomic E-state index is 14.8. The quantitative estimate of drug-likeness (QED) is 0.0239. The number of nitrogens with zero attached hydrogens (tertiary/aromatic N) is 4. The van der Waals surface area contributed by atoms with Crippen LogP contribution in [0, 0.1) is 0 Å². The van der Waals surface area contributed by atoms with Gasteiger partial charge in [-0.25, -0.2) is 25.4 Å². The zero-order chi connectivity index (χ0) is 47.4. The first-order valence-electron chi connectivity index (χ1n) is 22.3. The summed E-state index contributed by atoms with van der Waals surface area (Å²) in [5, 5.41) is 28.8. The van der Waals surface area contributed by atoms with Crippen LogP contribution in [0.3, 0.4) is 0 Å². The van der Waals surface area contributed by atoms with E-state index < -0.39 is 44.1 Å². The van der Waals surface area contributed by atoms with Gasteiger partial charge >= 0.3 is 11.9 Å². The highest BCUT2D eigenvalue weighted by Gasteiger charge is 2.32. The smallest absolute Gasteiger partial charge is 0.320 e. The summed E-state index contributed by atoms with van der Waals surface area (Å²) in [6, 6.07) is 8.82. The van der Waals surface area contributed by atoms with E-state index >= 15 is 0 Å². The van der Waals surface area contributed by atoms with E-state index in [2.05, 4.69) is 31.8 Å². The molecule has 0 saturated carbocycles. The number of carbonyl (C=O) groups is 2. The van der Waals surface area contributed by atoms with E-state index in [1.807, 2.05) is 37.2 Å². The number of hydrogen-bond acceptors (Lipinski definition) is 12. The standard InChI is InChI=1S/C45H72N8O9S2/c1-50(2)38-30-39(62-29-13-12-28-53(5,6)7)33-19-21-35-41(64(60,61)52(4)27-15-25-49-37(45(56)57)17-9-11-23-47)31-40(34-20-18-32(38)42(33)43(34)35)63(58,59)51(3)26-14-24-48-36(44(54)55)16-8-10-22-46/h18-21,30-31,36-37,48-49H,8-17,22-29,46-47H2,1-7H3,(H-,54,55,56,57)/p+1. The fraction of sp³-hybridized carbons (Fsp3) is 0.600. The lowest BCUT2D eigenvalue weighted by Crippen LogP contribution is -2.39. The number of aliphatic carboxylic acids is 2. The molecular formula is C45H73N8O9S2+. The predicted molar refractivity (Wildman–Crippen MR) is 256 cm³/mol. The largest absolute Gasteiger partial charge is 0.493 e. The Morgan fingerprint density at radius 1 is 0.656 bits per heavy atom. The highest BCUT2D eigenvalue weighted by molar-refractivity contribution is 7.90. The number of anilines is 1. The molecule has 0 radical (unpaired) electrons. The van der Waals surface area contributed by atoms with Gasteiger partial charge in [-0.2, -0.15) is 0 Å². The van der Waals surface area contributed by atoms with Gasteiger partial charge in [-0.3, -0.25) is 9.59 Å². The Balaban J connectivity index is 1.80. The third kappa shape index (κ3) is 13.3. The molecule has 0 aliphatic heterocycles. The molecule has 0 fully saturated rings. The zero-order valence-corrected chi connectivity index (χ0v) is 40.5. The van der Waals surface area contributed by atoms with Crippen LogP contribution in [0.4, 0.5) is 5.69 Å². The summed E-state index contributed by atoms with van der Waals surface area (Å²) < 4.78 is 68.8. The molecular weight excluding hydrogens is 861 g/mol. The van der Waals surface area contributed by atoms with Gasteiger partial charge in [-0.15, -0.1) is 0 Å².